The van der Waals surface area contributed by atoms with Gasteiger partial charge in [-0.3, -0.25) is 10.5 Å². The maximum Gasteiger partial charge on any atom is 3.00 e. The Labute approximate surface area is 53.0 Å². The molecule has 0 aliphatic heterocycles. The smallest absolute Gasteiger partial charge is 1.00 e. The van der Waals surface area contributed by atoms with Crippen LogP contribution in [0.2, 0.25) is 0 Å². The van der Waals surface area contributed by atoms with Gasteiger partial charge in [-0.05, 0) is 0 Å². The first-order valence-electron chi connectivity index (χ1n) is 0.200. The standard InChI is InChI=1S/Al.Li.H2O2.4H/c;;1-2;;;;/h;;1-2H;;;;/q+3;+1;;4*-1. The Morgan fingerprint density at radius 3 is 1.25 bits per heavy atom. The normalized spacial score (nSPS) is 1.50. The van der Waals surface area contributed by atoms with Gasteiger partial charge < -0.3 is 5.71 Å². The molecule has 22 valence electrons. The Morgan fingerprint density at radius 1 is 1.25 bits per heavy atom. The van der Waals surface area contributed by atoms with Gasteiger partial charge in [-0.25, -0.2) is 0 Å². The van der Waals surface area contributed by atoms with Crippen molar-refractivity contribution in [2.24, 2.45) is 0 Å². The third-order valence-electron chi connectivity index (χ3n) is 0. The molecule has 0 rings (SSSR count). The molecule has 0 heterocycles. The molecule has 0 bridgehead atoms. The number of rotatable bonds is 0. The average molecular weight is 72.0 g/mol. The van der Waals surface area contributed by atoms with Gasteiger partial charge in [0.2, 0.25) is 0 Å². The van der Waals surface area contributed by atoms with Gasteiger partial charge in [0, 0.05) is 0 Å². The van der Waals surface area contributed by atoms with Crippen LogP contribution < -0.4 is 18.9 Å². The molecule has 0 spiro atoms. The second kappa shape index (κ2) is 34.2. The molecular weight excluding hydrogens is 65.9 g/mol. The maximum atomic E-state index is 6.00. The van der Waals surface area contributed by atoms with Crippen LogP contribution in [0, 0.1) is 0 Å². The number of hydrogen-bond acceptors (Lipinski definition) is 2. The second-order valence-corrected chi connectivity index (χ2v) is 0. The fourth-order valence-electron chi connectivity index (χ4n) is 0. The fourth-order valence-corrected chi connectivity index (χ4v) is 0. The first-order valence-corrected chi connectivity index (χ1v) is 0.200. The Bertz CT molecular complexity index is 14.0. The van der Waals surface area contributed by atoms with Crippen LogP contribution in [0.5, 0.6) is 0 Å². The van der Waals surface area contributed by atoms with Crippen LogP contribution in [0.4, 0.5) is 0 Å². The molecule has 0 aliphatic rings. The molecule has 0 aromatic heterocycles. The predicted molar refractivity (Wildman–Crippen MR) is 15.5 cm³/mol. The molecule has 0 aromatic rings. The molecule has 0 fully saturated rings. The summed E-state index contributed by atoms with van der Waals surface area (Å²) in [6.45, 7) is 0. The summed E-state index contributed by atoms with van der Waals surface area (Å²) >= 11 is 0. The zero-order valence-electron chi connectivity index (χ0n) is 6.47. The van der Waals surface area contributed by atoms with Crippen molar-refractivity contribution in [1.29, 1.82) is 0 Å². The third-order valence-corrected chi connectivity index (χ3v) is 0. The Kier molecular flexibility index (Phi) is 168. The largest absolute Gasteiger partial charge is 3.00 e. The van der Waals surface area contributed by atoms with Gasteiger partial charge in [-0.15, -0.1) is 0 Å². The van der Waals surface area contributed by atoms with E-state index >= 15 is 0 Å². The van der Waals surface area contributed by atoms with Crippen LogP contribution in [0.1, 0.15) is 5.71 Å². The summed E-state index contributed by atoms with van der Waals surface area (Å²) in [5.41, 5.74) is 0. The molecule has 0 saturated carbocycles. The molecule has 0 aromatic carbocycles. The van der Waals surface area contributed by atoms with Crippen molar-refractivity contribution >= 4 is 17.4 Å². The summed E-state index contributed by atoms with van der Waals surface area (Å²) in [5.74, 6) is 0. The van der Waals surface area contributed by atoms with E-state index in [1.54, 1.807) is 0 Å². The van der Waals surface area contributed by atoms with E-state index in [4.69, 9.17) is 10.5 Å². The summed E-state index contributed by atoms with van der Waals surface area (Å²) in [7, 11) is 0. The number of hydrogen-bond donors (Lipinski definition) is 2. The topological polar surface area (TPSA) is 40.5 Å². The molecule has 0 radical (unpaired) electrons. The van der Waals surface area contributed by atoms with Gasteiger partial charge in [0.1, 0.15) is 0 Å². The molecule has 0 atom stereocenters. The van der Waals surface area contributed by atoms with E-state index in [1.165, 1.54) is 0 Å². The van der Waals surface area contributed by atoms with E-state index in [0.717, 1.165) is 0 Å². The van der Waals surface area contributed by atoms with Crippen molar-refractivity contribution in [1.82, 2.24) is 0 Å². The summed E-state index contributed by atoms with van der Waals surface area (Å²) in [4.78, 5) is 0. The van der Waals surface area contributed by atoms with Crippen molar-refractivity contribution < 1.29 is 35.1 Å². The monoisotopic (exact) mass is 72.0 g/mol. The molecule has 4 heteroatoms. The van der Waals surface area contributed by atoms with Gasteiger partial charge in [0.15, 0.2) is 0 Å². The van der Waals surface area contributed by atoms with E-state index in [1.807, 2.05) is 0 Å². The van der Waals surface area contributed by atoms with Crippen molar-refractivity contribution in [3.63, 3.8) is 0 Å². The zero-order chi connectivity index (χ0) is 2.00. The van der Waals surface area contributed by atoms with Crippen LogP contribution in [-0.2, 0) is 0 Å². The molecule has 2 N–H and O–H groups in total. The molecular formula is H6AlLiO2. The van der Waals surface area contributed by atoms with Crippen LogP contribution in [0.25, 0.3) is 0 Å². The molecule has 0 saturated heterocycles. The summed E-state index contributed by atoms with van der Waals surface area (Å²) in [5, 5.41) is 12.0. The van der Waals surface area contributed by atoms with Crippen molar-refractivity contribution in [3.05, 3.63) is 0 Å². The second-order valence-electron chi connectivity index (χ2n) is 0. The quantitative estimate of drug-likeness (QED) is 0.183. The minimum atomic E-state index is 0. The van der Waals surface area contributed by atoms with Gasteiger partial charge in [0.05, 0.1) is 0 Å². The minimum Gasteiger partial charge on any atom is -1.00 e. The zero-order valence-corrected chi connectivity index (χ0v) is 3.63. The van der Waals surface area contributed by atoms with E-state index in [9.17, 15) is 0 Å². The van der Waals surface area contributed by atoms with Crippen LogP contribution >= 0.6 is 0 Å². The molecule has 0 aliphatic carbocycles. The molecule has 0 amide bonds. The van der Waals surface area contributed by atoms with Crippen molar-refractivity contribution in [2.45, 2.75) is 0 Å². The Balaban J connectivity index is -0.000000000333. The third kappa shape index (κ3) is 11.6. The van der Waals surface area contributed by atoms with Crippen molar-refractivity contribution in [3.8, 4) is 0 Å². The van der Waals surface area contributed by atoms with Crippen LogP contribution in [-0.4, -0.2) is 27.9 Å². The van der Waals surface area contributed by atoms with Crippen LogP contribution in [0.15, 0.2) is 0 Å². The SMILES string of the molecule is OO.[Al+3].[H-].[H-].[H-].[H-].[Li+]. The van der Waals surface area contributed by atoms with E-state index in [-0.39, 0.29) is 41.9 Å². The minimum absolute atomic E-state index is 0. The van der Waals surface area contributed by atoms with Crippen LogP contribution in [0.3, 0.4) is 0 Å². The molecule has 2 nitrogen and oxygen atoms in total. The van der Waals surface area contributed by atoms with Gasteiger partial charge in [-0.2, -0.15) is 0 Å². The Morgan fingerprint density at radius 2 is 1.25 bits per heavy atom. The average Bonchev–Trinajstić information content (AvgIpc) is 1.00. The van der Waals surface area contributed by atoms with Gasteiger partial charge >= 0.3 is 36.2 Å². The molecule has 0 unspecified atom stereocenters. The van der Waals surface area contributed by atoms with Crippen molar-refractivity contribution in [2.75, 3.05) is 0 Å². The first-order chi connectivity index (χ1) is 1.00. The predicted octanol–water partition coefficient (Wildman–Crippen LogP) is -2.91. The first kappa shape index (κ1) is 19.7. The summed E-state index contributed by atoms with van der Waals surface area (Å²) in [6, 6.07) is 0. The summed E-state index contributed by atoms with van der Waals surface area (Å²) < 4.78 is 0. The van der Waals surface area contributed by atoms with Gasteiger partial charge in [-0.1, -0.05) is 0 Å². The molecule has 4 heavy (non-hydrogen) atoms. The van der Waals surface area contributed by atoms with E-state index in [2.05, 4.69) is 0 Å². The Hall–Kier alpha value is 1.05. The maximum absolute atomic E-state index is 6.00. The van der Waals surface area contributed by atoms with E-state index in [0.29, 0.717) is 0 Å². The van der Waals surface area contributed by atoms with Gasteiger partial charge in [0.25, 0.3) is 0 Å². The fraction of sp³-hybridized carbons (Fsp3) is 0. The summed E-state index contributed by atoms with van der Waals surface area (Å²) in [6.07, 6.45) is 0. The van der Waals surface area contributed by atoms with E-state index < -0.39 is 0 Å².